The lowest BCUT2D eigenvalue weighted by Crippen LogP contribution is -2.31. The van der Waals surface area contributed by atoms with Gasteiger partial charge in [-0.1, -0.05) is 25.4 Å². The maximum absolute atomic E-state index is 12.4. The van der Waals surface area contributed by atoms with Gasteiger partial charge in [-0.05, 0) is 43.0 Å². The fraction of sp³-hybridized carbons (Fsp3) is 0.389. The van der Waals surface area contributed by atoms with Gasteiger partial charge in [0.05, 0.1) is 11.6 Å². The lowest BCUT2D eigenvalue weighted by atomic mass is 10.1. The van der Waals surface area contributed by atoms with E-state index in [1.54, 1.807) is 24.3 Å². The monoisotopic (exact) mass is 377 g/mol. The number of benzene rings is 1. The van der Waals surface area contributed by atoms with Crippen LogP contribution in [0.4, 0.5) is 5.13 Å². The molecule has 132 valence electrons. The van der Waals surface area contributed by atoms with Crippen LogP contribution in [0.25, 0.3) is 0 Å². The molecule has 0 aliphatic heterocycles. The minimum Gasteiger partial charge on any atom is -0.355 e. The lowest BCUT2D eigenvalue weighted by molar-refractivity contribution is -0.122. The van der Waals surface area contributed by atoms with Crippen LogP contribution < -0.4 is 10.6 Å². The molecule has 2 aromatic rings. The molecule has 1 heterocycles. The van der Waals surface area contributed by atoms with Gasteiger partial charge in [-0.25, -0.2) is 4.98 Å². The summed E-state index contributed by atoms with van der Waals surface area (Å²) >= 11 is 7.28. The van der Waals surface area contributed by atoms with Gasteiger partial charge in [-0.15, -0.1) is 11.3 Å². The molecule has 1 aromatic heterocycles. The average molecular weight is 378 g/mol. The largest absolute Gasteiger partial charge is 0.355 e. The minimum absolute atomic E-state index is 0.0216. The SMILES string of the molecule is CC(C)CNC(=O)C1CCc2sc(NC(=O)c3ccc(Cl)cc3)nc21. The second-order valence-electron chi connectivity index (χ2n) is 6.52. The highest BCUT2D eigenvalue weighted by molar-refractivity contribution is 7.16. The number of carbonyl (C=O) groups excluding carboxylic acids is 2. The molecule has 1 unspecified atom stereocenters. The second-order valence-corrected chi connectivity index (χ2v) is 8.04. The highest BCUT2D eigenvalue weighted by Crippen LogP contribution is 2.38. The van der Waals surface area contributed by atoms with Crippen molar-refractivity contribution in [1.82, 2.24) is 10.3 Å². The van der Waals surface area contributed by atoms with Crippen molar-refractivity contribution in [3.63, 3.8) is 0 Å². The maximum atomic E-state index is 12.4. The Bertz CT molecular complexity index is 786. The Balaban J connectivity index is 1.68. The van der Waals surface area contributed by atoms with E-state index in [1.807, 2.05) is 0 Å². The molecule has 1 aliphatic carbocycles. The summed E-state index contributed by atoms with van der Waals surface area (Å²) < 4.78 is 0. The van der Waals surface area contributed by atoms with Crippen molar-refractivity contribution in [3.05, 3.63) is 45.4 Å². The maximum Gasteiger partial charge on any atom is 0.257 e. The molecular weight excluding hydrogens is 358 g/mol. The van der Waals surface area contributed by atoms with E-state index in [0.717, 1.165) is 23.4 Å². The van der Waals surface area contributed by atoms with Crippen molar-refractivity contribution in [2.24, 2.45) is 5.92 Å². The summed E-state index contributed by atoms with van der Waals surface area (Å²) in [5.74, 6) is -0.0149. The van der Waals surface area contributed by atoms with Crippen molar-refractivity contribution in [2.75, 3.05) is 11.9 Å². The third kappa shape index (κ3) is 4.19. The fourth-order valence-corrected chi connectivity index (χ4v) is 3.89. The molecule has 2 N–H and O–H groups in total. The molecule has 2 amide bonds. The molecule has 0 saturated heterocycles. The smallest absolute Gasteiger partial charge is 0.257 e. The first kappa shape index (κ1) is 17.9. The van der Waals surface area contributed by atoms with Gasteiger partial charge >= 0.3 is 0 Å². The molecule has 25 heavy (non-hydrogen) atoms. The van der Waals surface area contributed by atoms with Crippen LogP contribution >= 0.6 is 22.9 Å². The standard InChI is InChI=1S/C18H20ClN3O2S/c1-10(2)9-20-17(24)13-7-8-14-15(13)21-18(25-14)22-16(23)11-3-5-12(19)6-4-11/h3-6,10,13H,7-9H2,1-2H3,(H,20,24)(H,21,22,23). The summed E-state index contributed by atoms with van der Waals surface area (Å²) in [6.45, 7) is 4.79. The van der Waals surface area contributed by atoms with Gasteiger partial charge in [0.25, 0.3) is 5.91 Å². The number of fused-ring (bicyclic) bond motifs is 1. The molecule has 0 saturated carbocycles. The molecule has 1 atom stereocenters. The van der Waals surface area contributed by atoms with Gasteiger partial charge in [0.1, 0.15) is 0 Å². The van der Waals surface area contributed by atoms with Gasteiger partial charge < -0.3 is 5.32 Å². The van der Waals surface area contributed by atoms with Crippen LogP contribution in [0.3, 0.4) is 0 Å². The van der Waals surface area contributed by atoms with Crippen molar-refractivity contribution in [3.8, 4) is 0 Å². The van der Waals surface area contributed by atoms with Crippen LogP contribution in [0.5, 0.6) is 0 Å². The zero-order valence-corrected chi connectivity index (χ0v) is 15.7. The number of carbonyl (C=O) groups is 2. The first-order valence-electron chi connectivity index (χ1n) is 8.28. The summed E-state index contributed by atoms with van der Waals surface area (Å²) in [7, 11) is 0. The van der Waals surface area contributed by atoms with Gasteiger partial charge in [-0.3, -0.25) is 14.9 Å². The summed E-state index contributed by atoms with van der Waals surface area (Å²) in [6, 6.07) is 6.68. The molecule has 0 fully saturated rings. The highest BCUT2D eigenvalue weighted by atomic mass is 35.5. The molecule has 3 rings (SSSR count). The first-order valence-corrected chi connectivity index (χ1v) is 9.47. The molecule has 0 spiro atoms. The molecule has 7 heteroatoms. The van der Waals surface area contributed by atoms with Crippen LogP contribution in [0.2, 0.25) is 5.02 Å². The molecule has 1 aromatic carbocycles. The van der Waals surface area contributed by atoms with Crippen molar-refractivity contribution in [2.45, 2.75) is 32.6 Å². The lowest BCUT2D eigenvalue weighted by Gasteiger charge is -2.12. The summed E-state index contributed by atoms with van der Waals surface area (Å²) in [5, 5.41) is 6.90. The Kier molecular flexibility index (Phi) is 5.39. The van der Waals surface area contributed by atoms with E-state index in [-0.39, 0.29) is 17.7 Å². The van der Waals surface area contributed by atoms with Crippen LogP contribution in [0, 0.1) is 5.92 Å². The van der Waals surface area contributed by atoms with E-state index in [1.165, 1.54) is 11.3 Å². The Hall–Kier alpha value is -1.92. The number of hydrogen-bond donors (Lipinski definition) is 2. The number of hydrogen-bond acceptors (Lipinski definition) is 4. The predicted molar refractivity (Wildman–Crippen MR) is 100 cm³/mol. The second kappa shape index (κ2) is 7.54. The van der Waals surface area contributed by atoms with Crippen molar-refractivity contribution < 1.29 is 9.59 Å². The van der Waals surface area contributed by atoms with Gasteiger partial charge in [0, 0.05) is 22.0 Å². The molecule has 0 radical (unpaired) electrons. The van der Waals surface area contributed by atoms with Crippen LogP contribution in [0.1, 0.15) is 47.1 Å². The van der Waals surface area contributed by atoms with Crippen LogP contribution in [-0.2, 0) is 11.2 Å². The van der Waals surface area contributed by atoms with E-state index in [0.29, 0.717) is 28.2 Å². The highest BCUT2D eigenvalue weighted by Gasteiger charge is 2.32. The number of nitrogens with one attached hydrogen (secondary N) is 2. The van der Waals surface area contributed by atoms with E-state index in [2.05, 4.69) is 29.5 Å². The first-order chi connectivity index (χ1) is 11.9. The number of rotatable bonds is 5. The number of aryl methyl sites for hydroxylation is 1. The number of halogens is 1. The van der Waals surface area contributed by atoms with E-state index >= 15 is 0 Å². The fourth-order valence-electron chi connectivity index (χ4n) is 2.73. The summed E-state index contributed by atoms with van der Waals surface area (Å²) in [5.41, 5.74) is 1.32. The Labute approximate surface area is 155 Å². The minimum atomic E-state index is -0.232. The summed E-state index contributed by atoms with van der Waals surface area (Å²) in [4.78, 5) is 30.2. The quantitative estimate of drug-likeness (QED) is 0.831. The van der Waals surface area contributed by atoms with Gasteiger partial charge in [-0.2, -0.15) is 0 Å². The Morgan fingerprint density at radius 3 is 2.72 bits per heavy atom. The number of amides is 2. The molecule has 1 aliphatic rings. The van der Waals surface area contributed by atoms with Crippen molar-refractivity contribution in [1.29, 1.82) is 0 Å². The van der Waals surface area contributed by atoms with Crippen molar-refractivity contribution >= 4 is 39.9 Å². The number of anilines is 1. The molecule has 0 bridgehead atoms. The van der Waals surface area contributed by atoms with E-state index < -0.39 is 0 Å². The van der Waals surface area contributed by atoms with Gasteiger partial charge in [0.2, 0.25) is 5.91 Å². The average Bonchev–Trinajstić information content (AvgIpc) is 3.13. The topological polar surface area (TPSA) is 71.1 Å². The third-order valence-corrected chi connectivity index (χ3v) is 5.34. The molecular formula is C18H20ClN3O2S. The zero-order valence-electron chi connectivity index (χ0n) is 14.1. The third-order valence-electron chi connectivity index (χ3n) is 4.05. The number of aromatic nitrogens is 1. The molecule has 5 nitrogen and oxygen atoms in total. The van der Waals surface area contributed by atoms with Gasteiger partial charge in [0.15, 0.2) is 5.13 Å². The predicted octanol–water partition coefficient (Wildman–Crippen LogP) is 3.85. The Morgan fingerprint density at radius 1 is 1.32 bits per heavy atom. The van der Waals surface area contributed by atoms with Crippen LogP contribution in [0.15, 0.2) is 24.3 Å². The number of thiazole rings is 1. The number of nitrogens with zero attached hydrogens (tertiary/aromatic N) is 1. The van der Waals surface area contributed by atoms with E-state index in [4.69, 9.17) is 11.6 Å². The van der Waals surface area contributed by atoms with E-state index in [9.17, 15) is 9.59 Å². The Morgan fingerprint density at radius 2 is 2.04 bits per heavy atom. The normalized spacial score (nSPS) is 15.9. The zero-order chi connectivity index (χ0) is 18.0. The summed E-state index contributed by atoms with van der Waals surface area (Å²) in [6.07, 6.45) is 1.60. The van der Waals surface area contributed by atoms with Crippen LogP contribution in [-0.4, -0.2) is 23.3 Å².